The van der Waals surface area contributed by atoms with E-state index < -0.39 is 0 Å². The van der Waals surface area contributed by atoms with E-state index in [1.54, 1.807) is 13.3 Å². The summed E-state index contributed by atoms with van der Waals surface area (Å²) in [6.07, 6.45) is 4.14. The van der Waals surface area contributed by atoms with Crippen LogP contribution < -0.4 is 5.32 Å². The monoisotopic (exact) mass is 246 g/mol. The molecule has 3 rings (SSSR count). The third kappa shape index (κ3) is 2.05. The Bertz CT molecular complexity index is 536. The van der Waals surface area contributed by atoms with Crippen molar-refractivity contribution in [2.24, 2.45) is 0 Å². The smallest absolute Gasteiger partial charge is 0.294 e. The van der Waals surface area contributed by atoms with E-state index in [2.05, 4.69) is 28.5 Å². The molecule has 0 unspecified atom stereocenters. The maximum absolute atomic E-state index is 5.28. The van der Waals surface area contributed by atoms with Crippen molar-refractivity contribution in [2.45, 2.75) is 17.7 Å². The first kappa shape index (κ1) is 10.7. The van der Waals surface area contributed by atoms with Gasteiger partial charge in [0.1, 0.15) is 12.0 Å². The Morgan fingerprint density at radius 2 is 2.35 bits per heavy atom. The molecule has 0 atom stereocenters. The summed E-state index contributed by atoms with van der Waals surface area (Å²) in [5.74, 6) is 1.24. The number of hydrogen-bond acceptors (Lipinski definition) is 4. The highest BCUT2D eigenvalue weighted by molar-refractivity contribution is 7.99. The molecule has 2 heterocycles. The predicted octanol–water partition coefficient (Wildman–Crippen LogP) is 3.42. The van der Waals surface area contributed by atoms with Crippen molar-refractivity contribution in [3.05, 3.63) is 30.0 Å². The second-order valence-corrected chi connectivity index (χ2v) is 5.20. The van der Waals surface area contributed by atoms with Crippen molar-refractivity contribution < 1.29 is 4.42 Å². The number of aryl methyl sites for hydroxylation is 1. The van der Waals surface area contributed by atoms with Gasteiger partial charge in [0.25, 0.3) is 6.01 Å². The van der Waals surface area contributed by atoms with Crippen molar-refractivity contribution in [3.8, 4) is 11.3 Å². The standard InChI is InChI=1S/C13H14N2OS/c1-14-13-15-11(8-16-13)9-4-5-12-10(7-9)3-2-6-17-12/h4-5,7-8H,2-3,6H2,1H3,(H,14,15). The molecular formula is C13H14N2OS. The van der Waals surface area contributed by atoms with Crippen molar-refractivity contribution in [2.75, 3.05) is 18.1 Å². The molecule has 1 aliphatic heterocycles. The highest BCUT2D eigenvalue weighted by atomic mass is 32.2. The Hall–Kier alpha value is -1.42. The SMILES string of the molecule is CNc1nc(-c2ccc3c(c2)CCCS3)co1. The zero-order valence-electron chi connectivity index (χ0n) is 9.69. The van der Waals surface area contributed by atoms with Gasteiger partial charge in [-0.1, -0.05) is 6.07 Å². The van der Waals surface area contributed by atoms with Crippen molar-refractivity contribution >= 4 is 17.8 Å². The molecule has 1 aromatic carbocycles. The fourth-order valence-electron chi connectivity index (χ4n) is 2.04. The van der Waals surface area contributed by atoms with Gasteiger partial charge >= 0.3 is 0 Å². The molecule has 0 saturated carbocycles. The summed E-state index contributed by atoms with van der Waals surface area (Å²) in [6.45, 7) is 0. The van der Waals surface area contributed by atoms with Gasteiger partial charge in [0.15, 0.2) is 0 Å². The highest BCUT2D eigenvalue weighted by Crippen LogP contribution is 2.33. The number of fused-ring (bicyclic) bond motifs is 1. The number of anilines is 1. The first-order valence-electron chi connectivity index (χ1n) is 5.76. The molecular weight excluding hydrogens is 232 g/mol. The lowest BCUT2D eigenvalue weighted by molar-refractivity contribution is 0.576. The molecule has 1 aliphatic rings. The van der Waals surface area contributed by atoms with E-state index in [1.165, 1.54) is 29.1 Å². The maximum atomic E-state index is 5.28. The Morgan fingerprint density at radius 3 is 3.18 bits per heavy atom. The Kier molecular flexibility index (Phi) is 2.81. The minimum atomic E-state index is 0.562. The molecule has 0 bridgehead atoms. The number of oxazole rings is 1. The van der Waals surface area contributed by atoms with Gasteiger partial charge in [-0.25, -0.2) is 0 Å². The largest absolute Gasteiger partial charge is 0.432 e. The van der Waals surface area contributed by atoms with Crippen LogP contribution in [0.3, 0.4) is 0 Å². The fraction of sp³-hybridized carbons (Fsp3) is 0.308. The van der Waals surface area contributed by atoms with Crippen LogP contribution in [0.1, 0.15) is 12.0 Å². The fourth-order valence-corrected chi connectivity index (χ4v) is 3.06. The number of rotatable bonds is 2. The van der Waals surface area contributed by atoms with E-state index in [-0.39, 0.29) is 0 Å². The van der Waals surface area contributed by atoms with Gasteiger partial charge in [-0.3, -0.25) is 0 Å². The summed E-state index contributed by atoms with van der Waals surface area (Å²) in [4.78, 5) is 5.78. The van der Waals surface area contributed by atoms with Crippen LogP contribution in [-0.2, 0) is 6.42 Å². The molecule has 88 valence electrons. The van der Waals surface area contributed by atoms with Gasteiger partial charge in [0.2, 0.25) is 0 Å². The third-order valence-electron chi connectivity index (χ3n) is 2.92. The van der Waals surface area contributed by atoms with Crippen molar-refractivity contribution in [3.63, 3.8) is 0 Å². The average Bonchev–Trinajstić information content (AvgIpc) is 2.87. The number of benzene rings is 1. The van der Waals surface area contributed by atoms with Crippen LogP contribution in [0.5, 0.6) is 0 Å². The van der Waals surface area contributed by atoms with Gasteiger partial charge in [0, 0.05) is 17.5 Å². The second kappa shape index (κ2) is 4.45. The summed E-state index contributed by atoms with van der Waals surface area (Å²) in [7, 11) is 1.80. The zero-order chi connectivity index (χ0) is 11.7. The van der Waals surface area contributed by atoms with Crippen molar-refractivity contribution in [1.82, 2.24) is 4.98 Å². The van der Waals surface area contributed by atoms with E-state index in [1.807, 2.05) is 11.8 Å². The summed E-state index contributed by atoms with van der Waals surface area (Å²) in [6, 6.07) is 7.11. The molecule has 17 heavy (non-hydrogen) atoms. The van der Waals surface area contributed by atoms with Crippen LogP contribution in [0.25, 0.3) is 11.3 Å². The quantitative estimate of drug-likeness (QED) is 0.881. The molecule has 2 aromatic rings. The number of hydrogen-bond donors (Lipinski definition) is 1. The van der Waals surface area contributed by atoms with E-state index >= 15 is 0 Å². The van der Waals surface area contributed by atoms with Crippen LogP contribution in [0.2, 0.25) is 0 Å². The minimum Gasteiger partial charge on any atom is -0.432 e. The van der Waals surface area contributed by atoms with Crippen molar-refractivity contribution in [1.29, 1.82) is 0 Å². The van der Waals surface area contributed by atoms with E-state index in [0.717, 1.165) is 11.3 Å². The molecule has 0 spiro atoms. The number of aromatic nitrogens is 1. The van der Waals surface area contributed by atoms with Crippen LogP contribution >= 0.6 is 11.8 Å². The third-order valence-corrected chi connectivity index (χ3v) is 4.12. The van der Waals surface area contributed by atoms with Gasteiger partial charge in [-0.15, -0.1) is 11.8 Å². The molecule has 1 aromatic heterocycles. The summed E-state index contributed by atoms with van der Waals surface area (Å²) in [5, 5.41) is 2.90. The lowest BCUT2D eigenvalue weighted by Crippen LogP contribution is -1.98. The van der Waals surface area contributed by atoms with Crippen LogP contribution in [0.4, 0.5) is 6.01 Å². The van der Waals surface area contributed by atoms with Crippen LogP contribution in [0, 0.1) is 0 Å². The number of thioether (sulfide) groups is 1. The summed E-state index contributed by atoms with van der Waals surface area (Å²) in [5.41, 5.74) is 3.47. The Labute approximate surface area is 105 Å². The molecule has 0 aliphatic carbocycles. The first-order valence-corrected chi connectivity index (χ1v) is 6.75. The van der Waals surface area contributed by atoms with Crippen LogP contribution in [-0.4, -0.2) is 17.8 Å². The normalized spacial score (nSPS) is 14.4. The molecule has 4 heteroatoms. The zero-order valence-corrected chi connectivity index (χ0v) is 10.5. The molecule has 0 amide bonds. The Balaban J connectivity index is 1.97. The topological polar surface area (TPSA) is 38.1 Å². The Morgan fingerprint density at radius 1 is 1.41 bits per heavy atom. The first-order chi connectivity index (χ1) is 8.36. The summed E-state index contributed by atoms with van der Waals surface area (Å²) < 4.78 is 5.28. The molecule has 3 nitrogen and oxygen atoms in total. The van der Waals surface area contributed by atoms with E-state index in [0.29, 0.717) is 6.01 Å². The lowest BCUT2D eigenvalue weighted by atomic mass is 10.0. The van der Waals surface area contributed by atoms with Gasteiger partial charge in [-0.2, -0.15) is 4.98 Å². The average molecular weight is 246 g/mol. The predicted molar refractivity (Wildman–Crippen MR) is 70.5 cm³/mol. The van der Waals surface area contributed by atoms with Gasteiger partial charge in [-0.05, 0) is 36.3 Å². The van der Waals surface area contributed by atoms with Gasteiger partial charge < -0.3 is 9.73 Å². The number of nitrogens with zero attached hydrogens (tertiary/aromatic N) is 1. The lowest BCUT2D eigenvalue weighted by Gasteiger charge is -2.15. The minimum absolute atomic E-state index is 0.562. The molecule has 0 fully saturated rings. The van der Waals surface area contributed by atoms with Crippen LogP contribution in [0.15, 0.2) is 33.8 Å². The molecule has 1 N–H and O–H groups in total. The molecule has 0 saturated heterocycles. The number of nitrogens with one attached hydrogen (secondary N) is 1. The maximum Gasteiger partial charge on any atom is 0.294 e. The van der Waals surface area contributed by atoms with E-state index in [4.69, 9.17) is 4.42 Å². The highest BCUT2D eigenvalue weighted by Gasteiger charge is 2.12. The van der Waals surface area contributed by atoms with E-state index in [9.17, 15) is 0 Å². The molecule has 0 radical (unpaired) electrons. The second-order valence-electron chi connectivity index (χ2n) is 4.06. The summed E-state index contributed by atoms with van der Waals surface area (Å²) >= 11 is 1.95. The van der Waals surface area contributed by atoms with Gasteiger partial charge in [0.05, 0.1) is 0 Å².